The molecule has 0 amide bonds. The van der Waals surface area contributed by atoms with Crippen LogP contribution in [0.5, 0.6) is 0 Å². The van der Waals surface area contributed by atoms with E-state index in [9.17, 15) is 0 Å². The number of nitrogens with zero attached hydrogens (tertiary/aromatic N) is 1. The van der Waals surface area contributed by atoms with E-state index in [1.54, 1.807) is 0 Å². The van der Waals surface area contributed by atoms with Gasteiger partial charge < -0.3 is 10.2 Å². The van der Waals surface area contributed by atoms with Crippen LogP contribution >= 0.6 is 0 Å². The molecule has 164 valence electrons. The van der Waals surface area contributed by atoms with E-state index in [-0.39, 0.29) is 0 Å². The number of hydrogen-bond acceptors (Lipinski definition) is 2. The molecule has 2 nitrogen and oxygen atoms in total. The molecule has 2 heteroatoms. The predicted octanol–water partition coefficient (Wildman–Crippen LogP) is 6.50. The Kier molecular flexibility index (Phi) is 15.8. The lowest BCUT2D eigenvalue weighted by Crippen LogP contribution is -2.38. The molecule has 0 saturated carbocycles. The minimum atomic E-state index is 0.574. The zero-order valence-electron chi connectivity index (χ0n) is 19.7. The number of rotatable bonds is 15. The van der Waals surface area contributed by atoms with Crippen molar-refractivity contribution in [2.24, 2.45) is 17.8 Å². The summed E-state index contributed by atoms with van der Waals surface area (Å²) >= 11 is 0. The Hall–Kier alpha value is -0.520. The fourth-order valence-corrected chi connectivity index (χ4v) is 4.49. The molecule has 2 unspecified atom stereocenters. The van der Waals surface area contributed by atoms with E-state index in [0.717, 1.165) is 18.3 Å². The van der Waals surface area contributed by atoms with E-state index >= 15 is 0 Å². The minimum absolute atomic E-state index is 0.574. The summed E-state index contributed by atoms with van der Waals surface area (Å²) in [5, 5.41) is 3.83. The molecule has 0 spiro atoms. The average Bonchev–Trinajstić information content (AvgIpc) is 2.70. The standard InChI is InChI=1S/C26H50N2/c1-5-8-9-10-16-25(14-7-3)22-27-23-26-17-20-28(21-18-26)19-12-11-15-24(4)13-6-2/h24-27H,5-10,12-14,16-23H2,1-4H3. The van der Waals surface area contributed by atoms with Gasteiger partial charge in [-0.3, -0.25) is 0 Å². The zero-order chi connectivity index (χ0) is 20.5. The van der Waals surface area contributed by atoms with Gasteiger partial charge in [-0.25, -0.2) is 0 Å². The van der Waals surface area contributed by atoms with Crippen molar-refractivity contribution < 1.29 is 0 Å². The number of unbranched alkanes of at least 4 members (excludes halogenated alkanes) is 3. The number of likely N-dealkylation sites (tertiary alicyclic amines) is 1. The summed E-state index contributed by atoms with van der Waals surface area (Å²) in [5.74, 6) is 9.18. The highest BCUT2D eigenvalue weighted by molar-refractivity contribution is 5.02. The lowest BCUT2D eigenvalue weighted by atomic mass is 9.94. The van der Waals surface area contributed by atoms with E-state index < -0.39 is 0 Å². The molecule has 1 aliphatic rings. The molecule has 0 radical (unpaired) electrons. The molecule has 2 atom stereocenters. The molecule has 0 aromatic heterocycles. The van der Waals surface area contributed by atoms with Gasteiger partial charge in [-0.2, -0.15) is 0 Å². The van der Waals surface area contributed by atoms with Gasteiger partial charge >= 0.3 is 0 Å². The van der Waals surface area contributed by atoms with Crippen LogP contribution in [0.25, 0.3) is 0 Å². The molecular formula is C26H50N2. The lowest BCUT2D eigenvalue weighted by molar-refractivity contribution is 0.184. The van der Waals surface area contributed by atoms with Gasteiger partial charge in [0.05, 0.1) is 0 Å². The minimum Gasteiger partial charge on any atom is -0.316 e. The first kappa shape index (κ1) is 25.5. The van der Waals surface area contributed by atoms with Gasteiger partial charge in [0.15, 0.2) is 0 Å². The smallest absolute Gasteiger partial charge is 0.0217 e. The third-order valence-corrected chi connectivity index (χ3v) is 6.36. The van der Waals surface area contributed by atoms with Crippen LogP contribution in [0, 0.1) is 29.6 Å². The van der Waals surface area contributed by atoms with Crippen molar-refractivity contribution in [3.63, 3.8) is 0 Å². The first-order valence-electron chi connectivity index (χ1n) is 12.6. The third kappa shape index (κ3) is 12.8. The quantitative estimate of drug-likeness (QED) is 0.253. The molecule has 0 aliphatic carbocycles. The Bertz CT molecular complexity index is 400. The van der Waals surface area contributed by atoms with Crippen LogP contribution in [0.1, 0.15) is 105 Å². The van der Waals surface area contributed by atoms with Gasteiger partial charge in [-0.1, -0.05) is 66.2 Å². The summed E-state index contributed by atoms with van der Waals surface area (Å²) in [6, 6.07) is 0. The molecule has 0 aromatic rings. The molecule has 1 saturated heterocycles. The average molecular weight is 391 g/mol. The molecule has 1 aliphatic heterocycles. The van der Waals surface area contributed by atoms with E-state index in [0.29, 0.717) is 5.92 Å². The topological polar surface area (TPSA) is 15.3 Å². The van der Waals surface area contributed by atoms with Crippen LogP contribution in [0.4, 0.5) is 0 Å². The molecule has 1 rings (SSSR count). The molecule has 1 N–H and O–H groups in total. The van der Waals surface area contributed by atoms with Gasteiger partial charge in [0.1, 0.15) is 0 Å². The van der Waals surface area contributed by atoms with Crippen molar-refractivity contribution in [1.29, 1.82) is 0 Å². The first-order chi connectivity index (χ1) is 13.7. The molecule has 0 aromatic carbocycles. The lowest BCUT2D eigenvalue weighted by Gasteiger charge is -2.32. The fraction of sp³-hybridized carbons (Fsp3) is 0.923. The third-order valence-electron chi connectivity index (χ3n) is 6.36. The van der Waals surface area contributed by atoms with Gasteiger partial charge in [0, 0.05) is 18.9 Å². The van der Waals surface area contributed by atoms with Gasteiger partial charge in [0.2, 0.25) is 0 Å². The van der Waals surface area contributed by atoms with Crippen molar-refractivity contribution in [3.8, 4) is 11.8 Å². The molecule has 1 fully saturated rings. The number of hydrogen-bond donors (Lipinski definition) is 1. The monoisotopic (exact) mass is 390 g/mol. The molecule has 28 heavy (non-hydrogen) atoms. The normalized spacial score (nSPS) is 17.9. The van der Waals surface area contributed by atoms with E-state index in [4.69, 9.17) is 0 Å². The summed E-state index contributed by atoms with van der Waals surface area (Å²) in [6.45, 7) is 15.3. The summed E-state index contributed by atoms with van der Waals surface area (Å²) in [5.41, 5.74) is 0. The Morgan fingerprint density at radius 1 is 0.929 bits per heavy atom. The Balaban J connectivity index is 2.11. The number of nitrogens with one attached hydrogen (secondary N) is 1. The maximum atomic E-state index is 3.83. The van der Waals surface area contributed by atoms with Crippen LogP contribution in [0.2, 0.25) is 0 Å². The summed E-state index contributed by atoms with van der Waals surface area (Å²) in [6.07, 6.45) is 16.0. The Morgan fingerprint density at radius 2 is 1.68 bits per heavy atom. The summed E-state index contributed by atoms with van der Waals surface area (Å²) in [4.78, 5) is 2.63. The maximum Gasteiger partial charge on any atom is 0.0217 e. The number of piperidine rings is 1. The van der Waals surface area contributed by atoms with Crippen molar-refractivity contribution in [2.45, 2.75) is 105 Å². The Labute approximate surface area is 177 Å². The zero-order valence-corrected chi connectivity index (χ0v) is 19.7. The van der Waals surface area contributed by atoms with Crippen LogP contribution < -0.4 is 5.32 Å². The second-order valence-corrected chi connectivity index (χ2v) is 9.21. The second kappa shape index (κ2) is 17.3. The van der Waals surface area contributed by atoms with Crippen molar-refractivity contribution in [1.82, 2.24) is 10.2 Å². The van der Waals surface area contributed by atoms with Gasteiger partial charge in [-0.15, -0.1) is 11.8 Å². The van der Waals surface area contributed by atoms with Crippen LogP contribution in [0.3, 0.4) is 0 Å². The SMILES string of the molecule is CCCCCCC(CCC)CNCC1CCN(CCC#CC(C)CCC)CC1. The molecular weight excluding hydrogens is 340 g/mol. The first-order valence-corrected chi connectivity index (χ1v) is 12.6. The van der Waals surface area contributed by atoms with Gasteiger partial charge in [0.25, 0.3) is 0 Å². The predicted molar refractivity (Wildman–Crippen MR) is 126 cm³/mol. The van der Waals surface area contributed by atoms with Crippen LogP contribution in [-0.2, 0) is 0 Å². The second-order valence-electron chi connectivity index (χ2n) is 9.21. The van der Waals surface area contributed by atoms with Crippen molar-refractivity contribution >= 4 is 0 Å². The van der Waals surface area contributed by atoms with E-state index in [1.165, 1.54) is 103 Å². The maximum absolute atomic E-state index is 3.83. The fourth-order valence-electron chi connectivity index (χ4n) is 4.49. The molecule has 1 heterocycles. The highest BCUT2D eigenvalue weighted by atomic mass is 15.1. The highest BCUT2D eigenvalue weighted by Gasteiger charge is 2.18. The van der Waals surface area contributed by atoms with Crippen molar-refractivity contribution in [2.75, 3.05) is 32.7 Å². The highest BCUT2D eigenvalue weighted by Crippen LogP contribution is 2.18. The largest absolute Gasteiger partial charge is 0.316 e. The van der Waals surface area contributed by atoms with Crippen LogP contribution in [0.15, 0.2) is 0 Å². The summed E-state index contributed by atoms with van der Waals surface area (Å²) in [7, 11) is 0. The van der Waals surface area contributed by atoms with Crippen LogP contribution in [-0.4, -0.2) is 37.6 Å². The van der Waals surface area contributed by atoms with E-state index in [1.807, 2.05) is 0 Å². The summed E-state index contributed by atoms with van der Waals surface area (Å²) < 4.78 is 0. The Morgan fingerprint density at radius 3 is 2.36 bits per heavy atom. The van der Waals surface area contributed by atoms with E-state index in [2.05, 4.69) is 49.8 Å². The van der Waals surface area contributed by atoms with Gasteiger partial charge in [-0.05, 0) is 70.1 Å². The molecule has 0 bridgehead atoms. The van der Waals surface area contributed by atoms with Crippen molar-refractivity contribution in [3.05, 3.63) is 0 Å².